The maximum absolute atomic E-state index is 13.5. The summed E-state index contributed by atoms with van der Waals surface area (Å²) in [7, 11) is -3.65. The van der Waals surface area contributed by atoms with E-state index in [-0.39, 0.29) is 57.4 Å². The number of fused-ring (bicyclic) bond motifs is 1. The number of aromatic hydroxyl groups is 1. The second-order valence-corrected chi connectivity index (χ2v) is 12.2. The van der Waals surface area contributed by atoms with E-state index in [1.807, 2.05) is 0 Å². The van der Waals surface area contributed by atoms with E-state index in [1.165, 1.54) is 26.5 Å². The summed E-state index contributed by atoms with van der Waals surface area (Å²) in [5, 5.41) is 10.9. The molecule has 39 heavy (non-hydrogen) atoms. The summed E-state index contributed by atoms with van der Waals surface area (Å²) in [5.41, 5.74) is -1.14. The minimum Gasteiger partial charge on any atom is -0.501 e. The van der Waals surface area contributed by atoms with Gasteiger partial charge in [0.15, 0.2) is 15.5 Å². The van der Waals surface area contributed by atoms with Crippen LogP contribution in [0.1, 0.15) is 45.6 Å². The number of nitrogens with zero attached hydrogens (tertiary/aromatic N) is 4. The third-order valence-electron chi connectivity index (χ3n) is 6.99. The fraction of sp³-hybridized carbons (Fsp3) is 0.308. The molecule has 3 heterocycles. The fourth-order valence-electron chi connectivity index (χ4n) is 5.04. The molecule has 0 radical (unpaired) electrons. The number of hydrogen-bond donors (Lipinski definition) is 1. The first kappa shape index (κ1) is 27.2. The Morgan fingerprint density at radius 3 is 2.38 bits per heavy atom. The lowest BCUT2D eigenvalue weighted by Gasteiger charge is -2.34. The van der Waals surface area contributed by atoms with Gasteiger partial charge in [-0.15, -0.1) is 0 Å². The Morgan fingerprint density at radius 2 is 1.69 bits per heavy atom. The minimum absolute atomic E-state index is 0.125. The largest absolute Gasteiger partial charge is 0.501 e. The van der Waals surface area contributed by atoms with Crippen LogP contribution in [0.2, 0.25) is 10.0 Å². The smallest absolute Gasteiger partial charge is 0.315 e. The van der Waals surface area contributed by atoms with E-state index in [4.69, 9.17) is 23.2 Å². The normalized spacial score (nSPS) is 17.4. The predicted molar refractivity (Wildman–Crippen MR) is 144 cm³/mol. The summed E-state index contributed by atoms with van der Waals surface area (Å²) >= 11 is 12.5. The number of amides is 2. The summed E-state index contributed by atoms with van der Waals surface area (Å²) in [6.45, 7) is 0.507. The molecule has 2 aliphatic rings. The molecule has 2 amide bonds. The number of aromatic nitrogens is 2. The first-order chi connectivity index (χ1) is 18.6. The first-order valence-electron chi connectivity index (χ1n) is 12.3. The Balaban J connectivity index is 1.45. The number of halogens is 2. The van der Waals surface area contributed by atoms with Crippen molar-refractivity contribution in [2.75, 3.05) is 25.4 Å². The lowest BCUT2D eigenvalue weighted by Crippen LogP contribution is -2.46. The second-order valence-electron chi connectivity index (χ2n) is 9.30. The van der Waals surface area contributed by atoms with E-state index in [1.54, 1.807) is 36.4 Å². The van der Waals surface area contributed by atoms with E-state index < -0.39 is 39.0 Å². The van der Waals surface area contributed by atoms with Crippen molar-refractivity contribution in [3.63, 3.8) is 0 Å². The molecule has 1 aromatic heterocycles. The van der Waals surface area contributed by atoms with Gasteiger partial charge in [0, 0.05) is 26.2 Å². The van der Waals surface area contributed by atoms with E-state index in [0.717, 1.165) is 0 Å². The van der Waals surface area contributed by atoms with E-state index in [9.17, 15) is 27.9 Å². The van der Waals surface area contributed by atoms with Gasteiger partial charge in [-0.2, -0.15) is 4.98 Å². The third kappa shape index (κ3) is 5.02. The molecule has 204 valence electrons. The maximum Gasteiger partial charge on any atom is 0.315 e. The molecule has 1 N–H and O–H groups in total. The van der Waals surface area contributed by atoms with Crippen molar-refractivity contribution >= 4 is 44.9 Å². The topological polar surface area (TPSA) is 130 Å². The number of sulfone groups is 1. The Kier molecular flexibility index (Phi) is 7.41. The van der Waals surface area contributed by atoms with Gasteiger partial charge in [0.2, 0.25) is 5.75 Å². The van der Waals surface area contributed by atoms with Gasteiger partial charge < -0.3 is 19.5 Å². The molecule has 0 saturated carbocycles. The zero-order chi connectivity index (χ0) is 27.9. The van der Waals surface area contributed by atoms with Crippen molar-refractivity contribution in [2.24, 2.45) is 0 Å². The van der Waals surface area contributed by atoms with Crippen LogP contribution >= 0.6 is 23.2 Å². The Morgan fingerprint density at radius 1 is 1.00 bits per heavy atom. The fourth-order valence-corrected chi connectivity index (χ4v) is 6.87. The molecule has 3 aromatic rings. The van der Waals surface area contributed by atoms with Gasteiger partial charge in [0.1, 0.15) is 5.82 Å². The summed E-state index contributed by atoms with van der Waals surface area (Å²) in [5.74, 6) is -2.08. The molecule has 1 fully saturated rings. The summed E-state index contributed by atoms with van der Waals surface area (Å²) < 4.78 is 26.9. The zero-order valence-corrected chi connectivity index (χ0v) is 22.9. The first-order valence-corrected chi connectivity index (χ1v) is 14.7. The Bertz CT molecular complexity index is 1610. The van der Waals surface area contributed by atoms with Crippen LogP contribution in [0.4, 0.5) is 0 Å². The number of carbonyl (C=O) groups excluding carboxylic acids is 2. The molecule has 1 saturated heterocycles. The van der Waals surface area contributed by atoms with E-state index in [2.05, 4.69) is 4.98 Å². The molecule has 13 heteroatoms. The van der Waals surface area contributed by atoms with Crippen molar-refractivity contribution in [3.8, 4) is 5.75 Å². The number of hydrogen-bond acceptors (Lipinski definition) is 7. The number of carbonyl (C=O) groups is 2. The molecule has 0 bridgehead atoms. The predicted octanol–water partition coefficient (Wildman–Crippen LogP) is 3.16. The van der Waals surface area contributed by atoms with Gasteiger partial charge in [0.05, 0.1) is 32.3 Å². The molecular weight excluding hydrogens is 567 g/mol. The van der Waals surface area contributed by atoms with Crippen LogP contribution in [0.15, 0.2) is 58.2 Å². The van der Waals surface area contributed by atoms with Gasteiger partial charge in [-0.05, 0) is 37.1 Å². The van der Waals surface area contributed by atoms with Crippen molar-refractivity contribution in [2.45, 2.75) is 30.3 Å². The molecule has 0 spiro atoms. The highest BCUT2D eigenvalue weighted by Crippen LogP contribution is 2.36. The Hall–Kier alpha value is -3.41. The van der Waals surface area contributed by atoms with Crippen LogP contribution < -0.4 is 5.56 Å². The average molecular weight is 591 g/mol. The molecular formula is C26H24Cl2N4O6S. The van der Waals surface area contributed by atoms with E-state index >= 15 is 0 Å². The van der Waals surface area contributed by atoms with Gasteiger partial charge >= 0.3 is 5.56 Å². The minimum atomic E-state index is -3.65. The van der Waals surface area contributed by atoms with Crippen LogP contribution in [0.3, 0.4) is 0 Å². The number of rotatable bonds is 6. The molecule has 5 rings (SSSR count). The molecule has 10 nitrogen and oxygen atoms in total. The van der Waals surface area contributed by atoms with E-state index in [0.29, 0.717) is 19.4 Å². The molecule has 0 aliphatic carbocycles. The number of benzene rings is 2. The highest BCUT2D eigenvalue weighted by molar-refractivity contribution is 7.91. The SMILES string of the molecule is O=C1c2c(O)c(=O)nc([C@@H]3CCCN3C(=O)c3c(Cl)cccc3Cl)n2CCN1CCS(=O)(=O)c1ccccc1. The van der Waals surface area contributed by atoms with Crippen LogP contribution in [0.25, 0.3) is 0 Å². The lowest BCUT2D eigenvalue weighted by molar-refractivity contribution is 0.0689. The highest BCUT2D eigenvalue weighted by Gasteiger charge is 2.39. The monoisotopic (exact) mass is 590 g/mol. The summed E-state index contributed by atoms with van der Waals surface area (Å²) in [6.07, 6.45) is 1.08. The zero-order valence-electron chi connectivity index (χ0n) is 20.6. The summed E-state index contributed by atoms with van der Waals surface area (Å²) in [4.78, 5) is 46.6. The third-order valence-corrected chi connectivity index (χ3v) is 9.33. The number of likely N-dealkylation sites (tertiary alicyclic amines) is 1. The van der Waals surface area contributed by atoms with Crippen molar-refractivity contribution in [1.82, 2.24) is 19.4 Å². The van der Waals surface area contributed by atoms with Gasteiger partial charge in [-0.3, -0.25) is 14.4 Å². The van der Waals surface area contributed by atoms with Crippen LogP contribution in [-0.2, 0) is 16.4 Å². The second kappa shape index (κ2) is 10.6. The van der Waals surface area contributed by atoms with Crippen molar-refractivity contribution in [3.05, 3.63) is 86.0 Å². The van der Waals surface area contributed by atoms with Crippen LogP contribution in [0, 0.1) is 0 Å². The highest BCUT2D eigenvalue weighted by atomic mass is 35.5. The van der Waals surface area contributed by atoms with Crippen molar-refractivity contribution < 1.29 is 23.1 Å². The summed E-state index contributed by atoms with van der Waals surface area (Å²) in [6, 6.07) is 12.0. The van der Waals surface area contributed by atoms with Crippen LogP contribution in [0.5, 0.6) is 5.75 Å². The standard InChI is InChI=1S/C26H24Cl2N4O6S/c27-17-8-4-9-18(28)20(17)25(35)31-11-5-10-19(31)23-29-24(34)22(33)21-26(36)30(12-13-32(21)23)14-15-39(37,38)16-6-2-1-3-7-16/h1-4,6-9,19,33H,5,10-15H2/t19-/m0/s1. The molecule has 1 atom stereocenters. The lowest BCUT2D eigenvalue weighted by atomic mass is 10.1. The molecule has 2 aliphatic heterocycles. The average Bonchev–Trinajstić information content (AvgIpc) is 3.40. The molecule has 0 unspecified atom stereocenters. The van der Waals surface area contributed by atoms with Crippen LogP contribution in [-0.4, -0.2) is 70.1 Å². The van der Waals surface area contributed by atoms with Crippen molar-refractivity contribution in [1.29, 1.82) is 0 Å². The van der Waals surface area contributed by atoms with Gasteiger partial charge in [0.25, 0.3) is 11.8 Å². The quantitative estimate of drug-likeness (QED) is 0.466. The Labute approximate surface area is 234 Å². The molecule has 2 aromatic carbocycles. The van der Waals surface area contributed by atoms with Gasteiger partial charge in [-0.1, -0.05) is 47.5 Å². The van der Waals surface area contributed by atoms with Gasteiger partial charge in [-0.25, -0.2) is 8.42 Å². The maximum atomic E-state index is 13.5.